The van der Waals surface area contributed by atoms with Crippen molar-refractivity contribution in [3.8, 4) is 0 Å². The summed E-state index contributed by atoms with van der Waals surface area (Å²) in [5.74, 6) is -1.45. The first-order valence-corrected chi connectivity index (χ1v) is 6.95. The predicted molar refractivity (Wildman–Crippen MR) is 75.2 cm³/mol. The van der Waals surface area contributed by atoms with Crippen LogP contribution in [0.3, 0.4) is 0 Å². The lowest BCUT2D eigenvalue weighted by molar-refractivity contribution is -0.138. The Kier molecular flexibility index (Phi) is 4.90. The minimum Gasteiger partial charge on any atom is -0.481 e. The van der Waals surface area contributed by atoms with Gasteiger partial charge in [-0.1, -0.05) is 12.1 Å². The van der Waals surface area contributed by atoms with Crippen molar-refractivity contribution in [2.75, 3.05) is 13.6 Å². The number of nitrogens with zero attached hydrogens (tertiary/aromatic N) is 1. The van der Waals surface area contributed by atoms with E-state index in [1.54, 1.807) is 24.1 Å². The number of carboxylic acids is 1. The van der Waals surface area contributed by atoms with Crippen LogP contribution in [0, 0.1) is 5.82 Å². The molecule has 1 aromatic rings. The van der Waals surface area contributed by atoms with Crippen LogP contribution in [0.4, 0.5) is 4.39 Å². The molecule has 0 aliphatic heterocycles. The molecule has 1 unspecified atom stereocenters. The smallest absolute Gasteiger partial charge is 0.304 e. The van der Waals surface area contributed by atoms with Crippen LogP contribution in [0.1, 0.15) is 30.9 Å². The third kappa shape index (κ3) is 4.53. The molecule has 6 heteroatoms. The number of hydrogen-bond acceptors (Lipinski definition) is 3. The average molecular weight is 294 g/mol. The van der Waals surface area contributed by atoms with Gasteiger partial charge in [-0.05, 0) is 37.6 Å². The van der Waals surface area contributed by atoms with Gasteiger partial charge in [-0.15, -0.1) is 0 Å². The van der Waals surface area contributed by atoms with E-state index in [-0.39, 0.29) is 30.7 Å². The molecule has 21 heavy (non-hydrogen) atoms. The fourth-order valence-corrected chi connectivity index (χ4v) is 2.16. The Hall–Kier alpha value is -1.95. The number of carbonyl (C=O) groups is 2. The van der Waals surface area contributed by atoms with Gasteiger partial charge in [0, 0.05) is 12.6 Å². The normalized spacial score (nSPS) is 15.8. The maximum atomic E-state index is 13.0. The highest BCUT2D eigenvalue weighted by Gasteiger charge is 2.30. The predicted octanol–water partition coefficient (Wildman–Crippen LogP) is 1.55. The molecule has 1 atom stereocenters. The molecule has 114 valence electrons. The second-order valence-corrected chi connectivity index (χ2v) is 5.36. The van der Waals surface area contributed by atoms with Crippen molar-refractivity contribution in [3.63, 3.8) is 0 Å². The highest BCUT2D eigenvalue weighted by atomic mass is 19.1. The lowest BCUT2D eigenvalue weighted by atomic mass is 10.0. The van der Waals surface area contributed by atoms with Crippen molar-refractivity contribution >= 4 is 11.9 Å². The van der Waals surface area contributed by atoms with E-state index >= 15 is 0 Å². The zero-order valence-corrected chi connectivity index (χ0v) is 11.9. The number of halogens is 1. The fraction of sp³-hybridized carbons (Fsp3) is 0.467. The number of benzene rings is 1. The molecule has 0 radical (unpaired) electrons. The third-order valence-corrected chi connectivity index (χ3v) is 3.48. The second kappa shape index (κ2) is 6.67. The number of amides is 1. The zero-order valence-electron chi connectivity index (χ0n) is 11.9. The molecule has 1 fully saturated rings. The molecular weight excluding hydrogens is 275 g/mol. The molecule has 2 rings (SSSR count). The van der Waals surface area contributed by atoms with Crippen molar-refractivity contribution < 1.29 is 19.1 Å². The van der Waals surface area contributed by atoms with E-state index < -0.39 is 12.0 Å². The van der Waals surface area contributed by atoms with E-state index in [1.807, 2.05) is 0 Å². The summed E-state index contributed by atoms with van der Waals surface area (Å²) in [6.07, 6.45) is 1.90. The molecule has 1 aliphatic rings. The first-order valence-electron chi connectivity index (χ1n) is 6.95. The molecule has 0 heterocycles. The molecule has 0 bridgehead atoms. The van der Waals surface area contributed by atoms with Crippen LogP contribution < -0.4 is 5.32 Å². The first kappa shape index (κ1) is 15.4. The number of hydrogen-bond donors (Lipinski definition) is 2. The zero-order chi connectivity index (χ0) is 15.4. The van der Waals surface area contributed by atoms with E-state index in [2.05, 4.69) is 5.32 Å². The van der Waals surface area contributed by atoms with Crippen LogP contribution in [0.25, 0.3) is 0 Å². The molecule has 5 nitrogen and oxygen atoms in total. The molecule has 1 amide bonds. The summed E-state index contributed by atoms with van der Waals surface area (Å²) in [4.78, 5) is 24.7. The van der Waals surface area contributed by atoms with Crippen LogP contribution in [-0.2, 0) is 9.59 Å². The van der Waals surface area contributed by atoms with Gasteiger partial charge in [0.05, 0.1) is 6.42 Å². The summed E-state index contributed by atoms with van der Waals surface area (Å²) >= 11 is 0. The molecule has 2 N–H and O–H groups in total. The highest BCUT2D eigenvalue weighted by molar-refractivity contribution is 5.83. The van der Waals surface area contributed by atoms with Crippen molar-refractivity contribution in [1.29, 1.82) is 0 Å². The number of carbonyl (C=O) groups excluding carboxylic acids is 1. The van der Waals surface area contributed by atoms with E-state index in [0.717, 1.165) is 12.8 Å². The quantitative estimate of drug-likeness (QED) is 0.800. The number of rotatable bonds is 7. The molecular formula is C15H19FN2O3. The van der Waals surface area contributed by atoms with Crippen molar-refractivity contribution in [1.82, 2.24) is 10.2 Å². The van der Waals surface area contributed by atoms with E-state index in [0.29, 0.717) is 5.56 Å². The number of likely N-dealkylation sites (N-methyl/N-ethyl adjacent to an activating group) is 1. The molecule has 1 saturated carbocycles. The standard InChI is InChI=1S/C15H19FN2O3/c1-18(9-8-13(19)20)14(15(21)17-12-6-7-12)10-2-4-11(16)5-3-10/h2-5,12,14H,6-9H2,1H3,(H,17,21)(H,19,20). The van der Waals surface area contributed by atoms with Crippen LogP contribution >= 0.6 is 0 Å². The first-order chi connectivity index (χ1) is 9.97. The van der Waals surface area contributed by atoms with Crippen LogP contribution in [-0.4, -0.2) is 41.5 Å². The maximum Gasteiger partial charge on any atom is 0.304 e. The summed E-state index contributed by atoms with van der Waals surface area (Å²) < 4.78 is 13.0. The lowest BCUT2D eigenvalue weighted by Crippen LogP contribution is -2.40. The Morgan fingerprint density at radius 2 is 2.00 bits per heavy atom. The van der Waals surface area contributed by atoms with Crippen LogP contribution in [0.5, 0.6) is 0 Å². The van der Waals surface area contributed by atoms with Crippen LogP contribution in [0.15, 0.2) is 24.3 Å². The Balaban J connectivity index is 2.13. The number of nitrogens with one attached hydrogen (secondary N) is 1. The molecule has 0 spiro atoms. The lowest BCUT2D eigenvalue weighted by Gasteiger charge is -2.27. The number of carboxylic acid groups (broad SMARTS) is 1. The van der Waals surface area contributed by atoms with Crippen molar-refractivity contribution in [3.05, 3.63) is 35.6 Å². The van der Waals surface area contributed by atoms with Crippen LogP contribution in [0.2, 0.25) is 0 Å². The summed E-state index contributed by atoms with van der Waals surface area (Å²) in [6.45, 7) is 0.245. The summed E-state index contributed by atoms with van der Waals surface area (Å²) in [6, 6.07) is 5.34. The van der Waals surface area contributed by atoms with E-state index in [4.69, 9.17) is 5.11 Å². The fourth-order valence-electron chi connectivity index (χ4n) is 2.16. The van der Waals surface area contributed by atoms with Gasteiger partial charge in [-0.3, -0.25) is 14.5 Å². The summed E-state index contributed by atoms with van der Waals surface area (Å²) in [5, 5.41) is 11.7. The highest BCUT2D eigenvalue weighted by Crippen LogP contribution is 2.24. The third-order valence-electron chi connectivity index (χ3n) is 3.48. The number of aliphatic carboxylic acids is 1. The topological polar surface area (TPSA) is 69.6 Å². The Morgan fingerprint density at radius 1 is 1.38 bits per heavy atom. The largest absolute Gasteiger partial charge is 0.481 e. The van der Waals surface area contributed by atoms with Gasteiger partial charge in [0.15, 0.2) is 0 Å². The maximum absolute atomic E-state index is 13.0. The van der Waals surface area contributed by atoms with Gasteiger partial charge >= 0.3 is 5.97 Å². The molecule has 0 aromatic heterocycles. The minimum atomic E-state index is -0.915. The Labute approximate surface area is 122 Å². The van der Waals surface area contributed by atoms with Gasteiger partial charge in [-0.25, -0.2) is 4.39 Å². The molecule has 1 aliphatic carbocycles. The Bertz CT molecular complexity index is 514. The molecule has 1 aromatic carbocycles. The average Bonchev–Trinajstić information content (AvgIpc) is 3.23. The van der Waals surface area contributed by atoms with E-state index in [1.165, 1.54) is 12.1 Å². The minimum absolute atomic E-state index is 0.0507. The van der Waals surface area contributed by atoms with Crippen molar-refractivity contribution in [2.24, 2.45) is 0 Å². The van der Waals surface area contributed by atoms with Gasteiger partial charge in [-0.2, -0.15) is 0 Å². The summed E-state index contributed by atoms with van der Waals surface area (Å²) in [5.41, 5.74) is 0.655. The summed E-state index contributed by atoms with van der Waals surface area (Å²) in [7, 11) is 1.70. The van der Waals surface area contributed by atoms with Crippen molar-refractivity contribution in [2.45, 2.75) is 31.3 Å². The van der Waals surface area contributed by atoms with Gasteiger partial charge in [0.1, 0.15) is 11.9 Å². The second-order valence-electron chi connectivity index (χ2n) is 5.36. The SMILES string of the molecule is CN(CCC(=O)O)C(C(=O)NC1CC1)c1ccc(F)cc1. The Morgan fingerprint density at radius 3 is 2.52 bits per heavy atom. The van der Waals surface area contributed by atoms with Gasteiger partial charge in [0.2, 0.25) is 5.91 Å². The monoisotopic (exact) mass is 294 g/mol. The van der Waals surface area contributed by atoms with E-state index in [9.17, 15) is 14.0 Å². The van der Waals surface area contributed by atoms with Gasteiger partial charge < -0.3 is 10.4 Å². The van der Waals surface area contributed by atoms with Gasteiger partial charge in [0.25, 0.3) is 0 Å². The molecule has 0 saturated heterocycles.